The molecule has 0 aliphatic heterocycles. The number of benzene rings is 1. The number of rotatable bonds is 1. The lowest BCUT2D eigenvalue weighted by Gasteiger charge is -2.06. The average Bonchev–Trinajstić information content (AvgIpc) is 1.82. The van der Waals surface area contributed by atoms with Crippen molar-refractivity contribution in [2.24, 2.45) is 0 Å². The highest BCUT2D eigenvalue weighted by Gasteiger charge is 2.18. The fraction of sp³-hybridized carbons (Fsp3) is 0.143. The van der Waals surface area contributed by atoms with Crippen molar-refractivity contribution < 1.29 is 14.4 Å². The van der Waals surface area contributed by atoms with E-state index in [1.165, 1.54) is 6.07 Å². The summed E-state index contributed by atoms with van der Waals surface area (Å²) in [5.74, 6) is -0.484. The van der Waals surface area contributed by atoms with Gasteiger partial charge in [0.2, 0.25) is 0 Å². The third kappa shape index (κ3) is 1.77. The SMILES string of the molecule is Cc1cc(F)cc(Cl)c1B(O)O. The molecule has 0 spiro atoms. The van der Waals surface area contributed by atoms with Crippen molar-refractivity contribution in [3.8, 4) is 0 Å². The van der Waals surface area contributed by atoms with Crippen molar-refractivity contribution in [2.45, 2.75) is 6.92 Å². The summed E-state index contributed by atoms with van der Waals surface area (Å²) in [4.78, 5) is 0. The van der Waals surface area contributed by atoms with E-state index in [1.807, 2.05) is 0 Å². The first-order valence-electron chi connectivity index (χ1n) is 3.34. The van der Waals surface area contributed by atoms with Gasteiger partial charge in [-0.3, -0.25) is 0 Å². The lowest BCUT2D eigenvalue weighted by molar-refractivity contribution is 0.425. The molecule has 12 heavy (non-hydrogen) atoms. The molecule has 0 aliphatic carbocycles. The Balaban J connectivity index is 3.28. The van der Waals surface area contributed by atoms with Crippen LogP contribution in [-0.4, -0.2) is 17.2 Å². The standard InChI is InChI=1S/C7H7BClFO2/c1-4-2-5(10)3-6(9)7(4)8(11)12/h2-3,11-12H,1H3. The smallest absolute Gasteiger partial charge is 0.423 e. The Labute approximate surface area is 74.7 Å². The summed E-state index contributed by atoms with van der Waals surface area (Å²) < 4.78 is 12.6. The lowest BCUT2D eigenvalue weighted by Crippen LogP contribution is -2.33. The van der Waals surface area contributed by atoms with E-state index in [9.17, 15) is 4.39 Å². The van der Waals surface area contributed by atoms with Crippen LogP contribution in [0.15, 0.2) is 12.1 Å². The Bertz CT molecular complexity index is 280. The van der Waals surface area contributed by atoms with Gasteiger partial charge < -0.3 is 10.0 Å². The second-order valence-corrected chi connectivity index (χ2v) is 2.90. The Kier molecular flexibility index (Phi) is 2.72. The van der Waals surface area contributed by atoms with Crippen LogP contribution in [0.2, 0.25) is 5.02 Å². The van der Waals surface area contributed by atoms with E-state index in [-0.39, 0.29) is 10.5 Å². The molecule has 0 aromatic heterocycles. The molecule has 0 amide bonds. The Morgan fingerprint density at radius 3 is 2.42 bits per heavy atom. The number of aryl methyl sites for hydroxylation is 1. The van der Waals surface area contributed by atoms with Crippen molar-refractivity contribution in [1.29, 1.82) is 0 Å². The molecule has 0 heterocycles. The fourth-order valence-electron chi connectivity index (χ4n) is 1.04. The topological polar surface area (TPSA) is 40.5 Å². The van der Waals surface area contributed by atoms with Crippen LogP contribution in [-0.2, 0) is 0 Å². The minimum absolute atomic E-state index is 0.0301. The van der Waals surface area contributed by atoms with E-state index in [1.54, 1.807) is 6.92 Å². The summed E-state index contributed by atoms with van der Waals surface area (Å²) in [6, 6.07) is 2.24. The number of hydrogen-bond donors (Lipinski definition) is 2. The van der Waals surface area contributed by atoms with E-state index in [2.05, 4.69) is 0 Å². The molecule has 64 valence electrons. The van der Waals surface area contributed by atoms with Gasteiger partial charge in [0.1, 0.15) is 5.82 Å². The third-order valence-electron chi connectivity index (χ3n) is 1.56. The summed E-state index contributed by atoms with van der Waals surface area (Å²) in [6.45, 7) is 1.56. The van der Waals surface area contributed by atoms with Crippen LogP contribution in [0.5, 0.6) is 0 Å². The molecule has 5 heteroatoms. The van der Waals surface area contributed by atoms with E-state index in [0.717, 1.165) is 6.07 Å². The van der Waals surface area contributed by atoms with Crippen LogP contribution < -0.4 is 5.46 Å². The zero-order valence-electron chi connectivity index (χ0n) is 6.38. The van der Waals surface area contributed by atoms with Gasteiger partial charge in [0.15, 0.2) is 0 Å². The van der Waals surface area contributed by atoms with Gasteiger partial charge in [0.05, 0.1) is 0 Å². The molecule has 0 unspecified atom stereocenters. The zero-order chi connectivity index (χ0) is 9.30. The van der Waals surface area contributed by atoms with Crippen molar-refractivity contribution in [3.63, 3.8) is 0 Å². The molecule has 0 saturated heterocycles. The zero-order valence-corrected chi connectivity index (χ0v) is 7.14. The first-order chi connectivity index (χ1) is 5.52. The monoisotopic (exact) mass is 188 g/mol. The van der Waals surface area contributed by atoms with Crippen molar-refractivity contribution >= 4 is 24.2 Å². The molecule has 1 aromatic rings. The number of halogens is 2. The van der Waals surface area contributed by atoms with Crippen LogP contribution in [0.1, 0.15) is 5.56 Å². The van der Waals surface area contributed by atoms with Crippen molar-refractivity contribution in [2.75, 3.05) is 0 Å². The van der Waals surface area contributed by atoms with Gasteiger partial charge in [0.25, 0.3) is 0 Å². The molecule has 0 bridgehead atoms. The molecule has 0 radical (unpaired) electrons. The van der Waals surface area contributed by atoms with Crippen LogP contribution in [0, 0.1) is 12.7 Å². The predicted octanol–water partition coefficient (Wildman–Crippen LogP) is 0.467. The molecule has 0 aliphatic rings. The maximum atomic E-state index is 12.6. The van der Waals surface area contributed by atoms with Gasteiger partial charge in [-0.2, -0.15) is 0 Å². The van der Waals surface area contributed by atoms with Crippen molar-refractivity contribution in [3.05, 3.63) is 28.5 Å². The maximum absolute atomic E-state index is 12.6. The van der Waals surface area contributed by atoms with Crippen LogP contribution >= 0.6 is 11.6 Å². The van der Waals surface area contributed by atoms with Gasteiger partial charge in [-0.05, 0) is 24.6 Å². The molecule has 2 nitrogen and oxygen atoms in total. The molecule has 2 N–H and O–H groups in total. The molecular formula is C7H7BClFO2. The largest absolute Gasteiger partial charge is 0.490 e. The van der Waals surface area contributed by atoms with Crippen LogP contribution in [0.3, 0.4) is 0 Å². The normalized spacial score (nSPS) is 10.1. The summed E-state index contributed by atoms with van der Waals surface area (Å²) in [6.07, 6.45) is 0. The van der Waals surface area contributed by atoms with Gasteiger partial charge >= 0.3 is 7.12 Å². The fourth-order valence-corrected chi connectivity index (χ4v) is 1.39. The van der Waals surface area contributed by atoms with E-state index in [4.69, 9.17) is 21.6 Å². The van der Waals surface area contributed by atoms with Gasteiger partial charge in [-0.25, -0.2) is 4.39 Å². The van der Waals surface area contributed by atoms with Crippen LogP contribution in [0.25, 0.3) is 0 Å². The first-order valence-corrected chi connectivity index (χ1v) is 3.72. The molecular weight excluding hydrogens is 181 g/mol. The second kappa shape index (κ2) is 3.43. The van der Waals surface area contributed by atoms with Gasteiger partial charge in [-0.15, -0.1) is 0 Å². The predicted molar refractivity (Wildman–Crippen MR) is 46.0 cm³/mol. The Morgan fingerprint density at radius 2 is 2.00 bits per heavy atom. The average molecular weight is 188 g/mol. The summed E-state index contributed by atoms with van der Waals surface area (Å²) in [5, 5.41) is 17.7. The van der Waals surface area contributed by atoms with Crippen molar-refractivity contribution in [1.82, 2.24) is 0 Å². The molecule has 1 rings (SSSR count). The van der Waals surface area contributed by atoms with Gasteiger partial charge in [-0.1, -0.05) is 11.6 Å². The molecule has 0 atom stereocenters. The molecule has 0 fully saturated rings. The maximum Gasteiger partial charge on any atom is 0.490 e. The second-order valence-electron chi connectivity index (χ2n) is 2.49. The lowest BCUT2D eigenvalue weighted by atomic mass is 9.77. The Morgan fingerprint density at radius 1 is 1.42 bits per heavy atom. The van der Waals surface area contributed by atoms with E-state index >= 15 is 0 Å². The highest BCUT2D eigenvalue weighted by Crippen LogP contribution is 2.11. The van der Waals surface area contributed by atoms with E-state index < -0.39 is 12.9 Å². The number of hydrogen-bond acceptors (Lipinski definition) is 2. The summed E-state index contributed by atoms with van der Waals surface area (Å²) >= 11 is 5.57. The minimum atomic E-state index is -1.65. The first kappa shape index (κ1) is 9.51. The minimum Gasteiger partial charge on any atom is -0.423 e. The Hall–Kier alpha value is -0.575. The van der Waals surface area contributed by atoms with Crippen LogP contribution in [0.4, 0.5) is 4.39 Å². The highest BCUT2D eigenvalue weighted by atomic mass is 35.5. The van der Waals surface area contributed by atoms with E-state index in [0.29, 0.717) is 5.56 Å². The quantitative estimate of drug-likeness (QED) is 0.629. The molecule has 1 aromatic carbocycles. The highest BCUT2D eigenvalue weighted by molar-refractivity contribution is 6.63. The third-order valence-corrected chi connectivity index (χ3v) is 1.87. The van der Waals surface area contributed by atoms with Gasteiger partial charge in [0, 0.05) is 10.5 Å². The summed E-state index contributed by atoms with van der Waals surface area (Å²) in [5.41, 5.74) is 0.577. The summed E-state index contributed by atoms with van der Waals surface area (Å²) in [7, 11) is -1.65. The molecule has 0 saturated carbocycles.